The van der Waals surface area contributed by atoms with Crippen LogP contribution in [0.1, 0.15) is 10.4 Å². The van der Waals surface area contributed by atoms with Crippen molar-refractivity contribution in [3.8, 4) is 0 Å². The van der Waals surface area contributed by atoms with Gasteiger partial charge in [0, 0.05) is 13.2 Å². The summed E-state index contributed by atoms with van der Waals surface area (Å²) in [4.78, 5) is 25.0. The van der Waals surface area contributed by atoms with Crippen LogP contribution in [-0.2, 0) is 0 Å². The third-order valence-corrected chi connectivity index (χ3v) is 1.48. The summed E-state index contributed by atoms with van der Waals surface area (Å²) in [6.45, 7) is 0. The molecule has 74 valence electrons. The van der Waals surface area contributed by atoms with E-state index in [4.69, 9.17) is 5.11 Å². The minimum atomic E-state index is -1.05. The third-order valence-electron chi connectivity index (χ3n) is 1.48. The minimum absolute atomic E-state index is 0.0763. The molecule has 0 aliphatic rings. The number of aromatic nitrogens is 1. The Morgan fingerprint density at radius 3 is 2.57 bits per heavy atom. The molecule has 0 fully saturated rings. The van der Waals surface area contributed by atoms with Gasteiger partial charge in [-0.15, -0.1) is 0 Å². The van der Waals surface area contributed by atoms with Crippen LogP contribution in [-0.4, -0.2) is 29.1 Å². The predicted octanol–water partition coefficient (Wildman–Crippen LogP) is 0.531. The Bertz CT molecular complexity index is 347. The number of nitrogens with one attached hydrogen (secondary N) is 2. The van der Waals surface area contributed by atoms with Crippen molar-refractivity contribution in [1.82, 2.24) is 10.3 Å². The van der Waals surface area contributed by atoms with Gasteiger partial charge >= 0.3 is 12.0 Å². The first-order chi connectivity index (χ1) is 6.63. The molecule has 0 saturated heterocycles. The van der Waals surface area contributed by atoms with Gasteiger partial charge in [-0.1, -0.05) is 0 Å². The number of nitrogens with zero attached hydrogens (tertiary/aromatic N) is 1. The predicted molar refractivity (Wildman–Crippen MR) is 49.3 cm³/mol. The van der Waals surface area contributed by atoms with E-state index in [0.29, 0.717) is 5.82 Å². The monoisotopic (exact) mass is 195 g/mol. The van der Waals surface area contributed by atoms with Crippen molar-refractivity contribution in [1.29, 1.82) is 0 Å². The van der Waals surface area contributed by atoms with Gasteiger partial charge in [-0.3, -0.25) is 5.32 Å². The van der Waals surface area contributed by atoms with E-state index >= 15 is 0 Å². The van der Waals surface area contributed by atoms with Gasteiger partial charge in [0.1, 0.15) is 5.82 Å². The lowest BCUT2D eigenvalue weighted by Gasteiger charge is -2.02. The van der Waals surface area contributed by atoms with Crippen LogP contribution in [0.2, 0.25) is 0 Å². The maximum Gasteiger partial charge on any atom is 0.337 e. The van der Waals surface area contributed by atoms with E-state index in [2.05, 4.69) is 15.6 Å². The zero-order valence-electron chi connectivity index (χ0n) is 7.44. The summed E-state index contributed by atoms with van der Waals surface area (Å²) in [5, 5.41) is 13.3. The number of amides is 2. The lowest BCUT2D eigenvalue weighted by Crippen LogP contribution is -2.24. The molecule has 6 nitrogen and oxygen atoms in total. The van der Waals surface area contributed by atoms with Crippen LogP contribution < -0.4 is 10.6 Å². The van der Waals surface area contributed by atoms with Gasteiger partial charge in [-0.25, -0.2) is 14.6 Å². The summed E-state index contributed by atoms with van der Waals surface area (Å²) < 4.78 is 0. The van der Waals surface area contributed by atoms with Gasteiger partial charge < -0.3 is 10.4 Å². The highest BCUT2D eigenvalue weighted by atomic mass is 16.4. The van der Waals surface area contributed by atoms with Crippen LogP contribution in [0.15, 0.2) is 18.3 Å². The van der Waals surface area contributed by atoms with Gasteiger partial charge in [-0.2, -0.15) is 0 Å². The highest BCUT2D eigenvalue weighted by Gasteiger charge is 2.03. The number of carboxylic acid groups (broad SMARTS) is 1. The zero-order valence-corrected chi connectivity index (χ0v) is 7.44. The van der Waals surface area contributed by atoms with Gasteiger partial charge in [-0.05, 0) is 12.1 Å². The fraction of sp³-hybridized carbons (Fsp3) is 0.125. The molecule has 0 aliphatic heterocycles. The summed E-state index contributed by atoms with van der Waals surface area (Å²) in [6, 6.07) is 2.37. The quantitative estimate of drug-likeness (QED) is 0.641. The summed E-state index contributed by atoms with van der Waals surface area (Å²) in [5.41, 5.74) is 0.0763. The van der Waals surface area contributed by atoms with E-state index in [1.807, 2.05) is 0 Å². The molecular weight excluding hydrogens is 186 g/mol. The Morgan fingerprint density at radius 2 is 2.14 bits per heavy atom. The number of aromatic carboxylic acids is 1. The fourth-order valence-electron chi connectivity index (χ4n) is 0.773. The molecule has 2 amide bonds. The summed E-state index contributed by atoms with van der Waals surface area (Å²) in [7, 11) is 1.47. The molecule has 0 saturated carbocycles. The van der Waals surface area contributed by atoms with E-state index in [-0.39, 0.29) is 5.56 Å². The lowest BCUT2D eigenvalue weighted by molar-refractivity contribution is 0.0696. The Morgan fingerprint density at radius 1 is 1.43 bits per heavy atom. The summed E-state index contributed by atoms with van der Waals surface area (Å²) in [6.07, 6.45) is 1.17. The topological polar surface area (TPSA) is 91.3 Å². The second-order valence-corrected chi connectivity index (χ2v) is 2.44. The van der Waals surface area contributed by atoms with Crippen LogP contribution in [0.4, 0.5) is 10.6 Å². The van der Waals surface area contributed by atoms with Gasteiger partial charge in [0.2, 0.25) is 0 Å². The third kappa shape index (κ3) is 2.44. The Kier molecular flexibility index (Phi) is 3.01. The first kappa shape index (κ1) is 9.97. The van der Waals surface area contributed by atoms with E-state index in [1.165, 1.54) is 25.4 Å². The zero-order chi connectivity index (χ0) is 10.6. The minimum Gasteiger partial charge on any atom is -0.478 e. The average molecular weight is 195 g/mol. The smallest absolute Gasteiger partial charge is 0.337 e. The van der Waals surface area contributed by atoms with Crippen LogP contribution in [0.5, 0.6) is 0 Å². The molecule has 0 atom stereocenters. The number of carbonyl (C=O) groups excluding carboxylic acids is 1. The SMILES string of the molecule is CNC(=O)Nc1ccc(C(=O)O)cn1. The molecule has 6 heteroatoms. The molecule has 0 spiro atoms. The fourth-order valence-corrected chi connectivity index (χ4v) is 0.773. The number of rotatable bonds is 2. The van der Waals surface area contributed by atoms with E-state index in [0.717, 1.165) is 0 Å². The Hall–Kier alpha value is -2.11. The van der Waals surface area contributed by atoms with Crippen molar-refractivity contribution in [3.05, 3.63) is 23.9 Å². The van der Waals surface area contributed by atoms with Crippen molar-refractivity contribution in [2.45, 2.75) is 0 Å². The molecule has 1 rings (SSSR count). The molecular formula is C8H9N3O3. The van der Waals surface area contributed by atoms with Crippen molar-refractivity contribution < 1.29 is 14.7 Å². The summed E-state index contributed by atoms with van der Waals surface area (Å²) in [5.74, 6) is -0.752. The molecule has 1 heterocycles. The number of hydrogen-bond donors (Lipinski definition) is 3. The highest BCUT2D eigenvalue weighted by molar-refractivity contribution is 5.90. The number of urea groups is 1. The van der Waals surface area contributed by atoms with Gasteiger partial charge in [0.25, 0.3) is 0 Å². The van der Waals surface area contributed by atoms with Crippen LogP contribution in [0, 0.1) is 0 Å². The molecule has 0 radical (unpaired) electrons. The van der Waals surface area contributed by atoms with Crippen molar-refractivity contribution in [2.75, 3.05) is 12.4 Å². The number of carboxylic acids is 1. The molecule has 14 heavy (non-hydrogen) atoms. The Balaban J connectivity index is 2.73. The molecule has 1 aromatic rings. The molecule has 0 unspecified atom stereocenters. The molecule has 1 aromatic heterocycles. The van der Waals surface area contributed by atoms with Crippen LogP contribution in [0.25, 0.3) is 0 Å². The average Bonchev–Trinajstić information content (AvgIpc) is 2.18. The maximum atomic E-state index is 10.8. The van der Waals surface area contributed by atoms with E-state index < -0.39 is 12.0 Å². The number of pyridine rings is 1. The lowest BCUT2D eigenvalue weighted by atomic mass is 10.3. The van der Waals surface area contributed by atoms with E-state index in [9.17, 15) is 9.59 Å². The van der Waals surface area contributed by atoms with Crippen molar-refractivity contribution >= 4 is 17.8 Å². The van der Waals surface area contributed by atoms with E-state index in [1.54, 1.807) is 0 Å². The Labute approximate surface area is 80.0 Å². The molecule has 0 aliphatic carbocycles. The van der Waals surface area contributed by atoms with Crippen LogP contribution >= 0.6 is 0 Å². The van der Waals surface area contributed by atoms with Gasteiger partial charge in [0.15, 0.2) is 0 Å². The number of hydrogen-bond acceptors (Lipinski definition) is 3. The maximum absolute atomic E-state index is 10.8. The summed E-state index contributed by atoms with van der Waals surface area (Å²) >= 11 is 0. The molecule has 0 bridgehead atoms. The standard InChI is InChI=1S/C8H9N3O3/c1-9-8(14)11-6-3-2-5(4-10-6)7(12)13/h2-4H,1H3,(H,12,13)(H2,9,10,11,14). The van der Waals surface area contributed by atoms with Crippen LogP contribution in [0.3, 0.4) is 0 Å². The first-order valence-corrected chi connectivity index (χ1v) is 3.81. The first-order valence-electron chi connectivity index (χ1n) is 3.81. The molecule has 3 N–H and O–H groups in total. The van der Waals surface area contributed by atoms with Crippen molar-refractivity contribution in [3.63, 3.8) is 0 Å². The van der Waals surface area contributed by atoms with Gasteiger partial charge in [0.05, 0.1) is 5.56 Å². The van der Waals surface area contributed by atoms with Crippen molar-refractivity contribution in [2.24, 2.45) is 0 Å². The number of carbonyl (C=O) groups is 2. The second kappa shape index (κ2) is 4.22. The second-order valence-electron chi connectivity index (χ2n) is 2.44. The molecule has 0 aromatic carbocycles. The number of anilines is 1. The highest BCUT2D eigenvalue weighted by Crippen LogP contribution is 2.04. The normalized spacial score (nSPS) is 9.21. The largest absolute Gasteiger partial charge is 0.478 e.